The van der Waals surface area contributed by atoms with Crippen molar-refractivity contribution >= 4 is 5.97 Å². The van der Waals surface area contributed by atoms with Crippen LogP contribution in [-0.4, -0.2) is 142 Å². The van der Waals surface area contributed by atoms with Gasteiger partial charge < -0.3 is 64.2 Å². The van der Waals surface area contributed by atoms with Crippen LogP contribution < -0.4 is 0 Å². The molecule has 0 saturated carbocycles. The predicted molar refractivity (Wildman–Crippen MR) is 247 cm³/mol. The van der Waals surface area contributed by atoms with Crippen LogP contribution in [0, 0.1) is 0 Å². The van der Waals surface area contributed by atoms with Crippen molar-refractivity contribution in [2.24, 2.45) is 0 Å². The average Bonchev–Trinajstić information content (AvgIpc) is 3.29. The smallest absolute Gasteiger partial charge is 0.306 e. The molecule has 0 spiro atoms. The highest BCUT2D eigenvalue weighted by Gasteiger charge is 2.47. The molecular weight excluding hydrogens is 825 g/mol. The number of ether oxygens (including phenoxy) is 6. The standard InChI is InChI=1S/C50H84O14/c1-3-5-7-9-11-13-15-17-19-21-23-25-27-29-31-33-42(52)62-39(36-59-34-32-30-28-26-24-22-20-18-16-14-12-10-8-6-4-2)37-60-49-48(58)46(56)44(54)41(64-49)38-61-50-47(57)45(55)43(53)40(35-51)63-50/h5,7,10-13,16-19,23,25,39-41,43-51,53-58H,3-4,6,8-9,14-15,20-22,24,26-38H2,1-2H3/b7-5-,12-10-,13-11-,18-16-,19-17-,25-23-. The van der Waals surface area contributed by atoms with Crippen LogP contribution in [0.3, 0.4) is 0 Å². The van der Waals surface area contributed by atoms with E-state index in [-0.39, 0.29) is 19.6 Å². The largest absolute Gasteiger partial charge is 0.457 e. The zero-order valence-electron chi connectivity index (χ0n) is 38.7. The van der Waals surface area contributed by atoms with Gasteiger partial charge in [0.1, 0.15) is 54.9 Å². The highest BCUT2D eigenvalue weighted by Crippen LogP contribution is 2.26. The van der Waals surface area contributed by atoms with Gasteiger partial charge in [-0.25, -0.2) is 0 Å². The van der Waals surface area contributed by atoms with Gasteiger partial charge in [0.05, 0.1) is 26.4 Å². The Labute approximate surface area is 383 Å². The number of hydrogen-bond donors (Lipinski definition) is 7. The Hall–Kier alpha value is -2.57. The molecule has 2 rings (SSSR count). The summed E-state index contributed by atoms with van der Waals surface area (Å²) < 4.78 is 34.1. The predicted octanol–water partition coefficient (Wildman–Crippen LogP) is 6.34. The number of aliphatic hydroxyl groups is 7. The molecule has 64 heavy (non-hydrogen) atoms. The molecule has 2 heterocycles. The van der Waals surface area contributed by atoms with Crippen molar-refractivity contribution < 1.29 is 69.0 Å². The number of allylic oxidation sites excluding steroid dienone is 12. The second kappa shape index (κ2) is 37.5. The quantitative estimate of drug-likeness (QED) is 0.0208. The molecule has 11 atom stereocenters. The number of hydrogen-bond acceptors (Lipinski definition) is 14. The van der Waals surface area contributed by atoms with E-state index in [1.807, 2.05) is 0 Å². The second-order valence-corrected chi connectivity index (χ2v) is 16.5. The van der Waals surface area contributed by atoms with Gasteiger partial charge in [-0.15, -0.1) is 0 Å². The van der Waals surface area contributed by atoms with Crippen molar-refractivity contribution in [1.82, 2.24) is 0 Å². The number of carbonyl (C=O) groups excluding carboxylic acids is 1. The molecule has 0 radical (unpaired) electrons. The van der Waals surface area contributed by atoms with Gasteiger partial charge in [0.2, 0.25) is 0 Å². The minimum absolute atomic E-state index is 0.0332. The van der Waals surface area contributed by atoms with Crippen molar-refractivity contribution in [2.75, 3.05) is 33.0 Å². The molecule has 0 aliphatic carbocycles. The van der Waals surface area contributed by atoms with Gasteiger partial charge in [0.25, 0.3) is 0 Å². The summed E-state index contributed by atoms with van der Waals surface area (Å²) in [5.41, 5.74) is 0. The molecular formula is C50H84O14. The van der Waals surface area contributed by atoms with Crippen LogP contribution in [0.2, 0.25) is 0 Å². The fourth-order valence-corrected chi connectivity index (χ4v) is 7.00. The number of unbranched alkanes of at least 4 members (excludes halogenated alkanes) is 10. The Bertz CT molecular complexity index is 1330. The molecule has 2 fully saturated rings. The van der Waals surface area contributed by atoms with Crippen LogP contribution in [-0.2, 0) is 33.2 Å². The maximum absolute atomic E-state index is 13.0. The first-order chi connectivity index (χ1) is 31.1. The van der Waals surface area contributed by atoms with Gasteiger partial charge in [0.15, 0.2) is 12.6 Å². The first-order valence-corrected chi connectivity index (χ1v) is 24.0. The minimum Gasteiger partial charge on any atom is -0.457 e. The van der Waals surface area contributed by atoms with Crippen molar-refractivity contribution in [3.05, 3.63) is 72.9 Å². The Balaban J connectivity index is 1.83. The van der Waals surface area contributed by atoms with Crippen LogP contribution in [0.5, 0.6) is 0 Å². The average molecular weight is 909 g/mol. The summed E-state index contributed by atoms with van der Waals surface area (Å²) >= 11 is 0. The number of rotatable bonds is 36. The Kier molecular flexibility index (Phi) is 33.7. The molecule has 368 valence electrons. The van der Waals surface area contributed by atoms with Gasteiger partial charge in [-0.2, -0.15) is 0 Å². The van der Waals surface area contributed by atoms with E-state index in [0.29, 0.717) is 13.0 Å². The van der Waals surface area contributed by atoms with E-state index in [4.69, 9.17) is 28.4 Å². The van der Waals surface area contributed by atoms with Crippen molar-refractivity contribution in [3.8, 4) is 0 Å². The normalized spacial score (nSPS) is 27.4. The molecule has 2 saturated heterocycles. The Morgan fingerprint density at radius 3 is 1.59 bits per heavy atom. The summed E-state index contributed by atoms with van der Waals surface area (Å²) in [6.45, 7) is 3.42. The molecule has 0 aromatic carbocycles. The molecule has 14 nitrogen and oxygen atoms in total. The van der Waals surface area contributed by atoms with Gasteiger partial charge in [-0.1, -0.05) is 125 Å². The number of carbonyl (C=O) groups is 1. The molecule has 2 aliphatic rings. The number of esters is 1. The fraction of sp³-hybridized carbons (Fsp3) is 0.740. The third-order valence-electron chi connectivity index (χ3n) is 10.9. The Morgan fingerprint density at radius 1 is 0.531 bits per heavy atom. The van der Waals surface area contributed by atoms with Crippen LogP contribution in [0.1, 0.15) is 136 Å². The minimum atomic E-state index is -1.72. The van der Waals surface area contributed by atoms with Crippen molar-refractivity contribution in [2.45, 2.75) is 203 Å². The van der Waals surface area contributed by atoms with E-state index in [1.165, 1.54) is 25.7 Å². The topological polar surface area (TPSA) is 214 Å². The first kappa shape index (κ1) is 57.6. The van der Waals surface area contributed by atoms with E-state index in [9.17, 15) is 40.5 Å². The van der Waals surface area contributed by atoms with Crippen LogP contribution >= 0.6 is 0 Å². The van der Waals surface area contributed by atoms with Crippen LogP contribution in [0.4, 0.5) is 0 Å². The number of aliphatic hydroxyl groups excluding tert-OH is 7. The lowest BCUT2D eigenvalue weighted by Gasteiger charge is -2.42. The maximum atomic E-state index is 13.0. The summed E-state index contributed by atoms with van der Waals surface area (Å²) in [6.07, 6.45) is 28.3. The van der Waals surface area contributed by atoms with E-state index < -0.39 is 86.7 Å². The van der Waals surface area contributed by atoms with E-state index in [0.717, 1.165) is 83.5 Å². The van der Waals surface area contributed by atoms with Crippen molar-refractivity contribution in [1.29, 1.82) is 0 Å². The van der Waals surface area contributed by atoms with Gasteiger partial charge in [0, 0.05) is 13.0 Å². The molecule has 0 bridgehead atoms. The molecule has 0 aromatic heterocycles. The lowest BCUT2D eigenvalue weighted by Crippen LogP contribution is -2.61. The highest BCUT2D eigenvalue weighted by molar-refractivity contribution is 5.69. The maximum Gasteiger partial charge on any atom is 0.306 e. The summed E-state index contributed by atoms with van der Waals surface area (Å²) in [5, 5.41) is 72.0. The fourth-order valence-electron chi connectivity index (χ4n) is 7.00. The lowest BCUT2D eigenvalue weighted by atomic mass is 9.98. The lowest BCUT2D eigenvalue weighted by molar-refractivity contribution is -0.332. The molecule has 0 amide bonds. The van der Waals surface area contributed by atoms with Gasteiger partial charge >= 0.3 is 5.97 Å². The third-order valence-corrected chi connectivity index (χ3v) is 10.9. The van der Waals surface area contributed by atoms with Crippen LogP contribution in [0.25, 0.3) is 0 Å². The van der Waals surface area contributed by atoms with Gasteiger partial charge in [-0.05, 0) is 77.0 Å². The third kappa shape index (κ3) is 25.4. The highest BCUT2D eigenvalue weighted by atomic mass is 16.7. The summed E-state index contributed by atoms with van der Waals surface area (Å²) in [6, 6.07) is 0. The zero-order chi connectivity index (χ0) is 46.6. The second-order valence-electron chi connectivity index (χ2n) is 16.5. The SMILES string of the molecule is CC/C=C\C/C=C\C/C=C\C/C=C\CCCCC(=O)OC(COCCCCCCCC/C=C\C/C=C\CCCC)COC1OC(COC2OC(CO)C(O)C(O)C2O)C(O)C(O)C1O. The molecule has 7 N–H and O–H groups in total. The molecule has 0 aromatic rings. The van der Waals surface area contributed by atoms with E-state index >= 15 is 0 Å². The summed E-state index contributed by atoms with van der Waals surface area (Å²) in [5.74, 6) is -0.424. The molecule has 2 aliphatic heterocycles. The first-order valence-electron chi connectivity index (χ1n) is 24.0. The van der Waals surface area contributed by atoms with Gasteiger partial charge in [-0.3, -0.25) is 4.79 Å². The Morgan fingerprint density at radius 2 is 1.02 bits per heavy atom. The molecule has 14 heteroatoms. The summed E-state index contributed by atoms with van der Waals surface area (Å²) in [7, 11) is 0. The monoisotopic (exact) mass is 909 g/mol. The van der Waals surface area contributed by atoms with E-state index in [1.54, 1.807) is 0 Å². The van der Waals surface area contributed by atoms with E-state index in [2.05, 4.69) is 86.8 Å². The zero-order valence-corrected chi connectivity index (χ0v) is 38.7. The van der Waals surface area contributed by atoms with Crippen LogP contribution in [0.15, 0.2) is 72.9 Å². The molecule has 11 unspecified atom stereocenters. The summed E-state index contributed by atoms with van der Waals surface area (Å²) in [4.78, 5) is 13.0. The van der Waals surface area contributed by atoms with Crippen molar-refractivity contribution in [3.63, 3.8) is 0 Å².